The number of morpholine rings is 1. The zero-order valence-electron chi connectivity index (χ0n) is 12.6. The maximum absolute atomic E-state index is 9.70. The second kappa shape index (κ2) is 6.01. The second-order valence-electron chi connectivity index (χ2n) is 6.74. The third-order valence-corrected chi connectivity index (χ3v) is 5.21. The molecule has 3 atom stereocenters. The Labute approximate surface area is 122 Å². The normalized spacial score (nSPS) is 39.4. The molecule has 0 amide bonds. The highest BCUT2D eigenvalue weighted by molar-refractivity contribution is 5.13. The molecule has 0 aromatic carbocycles. The highest BCUT2D eigenvalue weighted by Gasteiger charge is 2.43. The van der Waals surface area contributed by atoms with Crippen LogP contribution in [0.15, 0.2) is 0 Å². The van der Waals surface area contributed by atoms with Gasteiger partial charge in [0.15, 0.2) is 0 Å². The van der Waals surface area contributed by atoms with Crippen molar-refractivity contribution >= 4 is 0 Å². The standard InChI is InChI=1S/C16H27N3O/c1-2-14-11-20-9-8-19(14)15-4-3-7-16(10-15,12-17)18-13-5-6-13/h13-15,18H,2-11H2,1H3. The first-order chi connectivity index (χ1) is 9.76. The molecule has 0 spiro atoms. The first-order valence-electron chi connectivity index (χ1n) is 8.29. The minimum absolute atomic E-state index is 0.263. The number of nitriles is 1. The van der Waals surface area contributed by atoms with Gasteiger partial charge < -0.3 is 4.74 Å². The molecule has 0 radical (unpaired) electrons. The molecule has 3 aliphatic rings. The van der Waals surface area contributed by atoms with Gasteiger partial charge in [-0.3, -0.25) is 10.2 Å². The number of nitrogens with zero attached hydrogens (tertiary/aromatic N) is 2. The summed E-state index contributed by atoms with van der Waals surface area (Å²) >= 11 is 0. The summed E-state index contributed by atoms with van der Waals surface area (Å²) in [4.78, 5) is 2.63. The van der Waals surface area contributed by atoms with Crippen LogP contribution in [0.25, 0.3) is 0 Å². The Kier molecular flexibility index (Phi) is 4.30. The quantitative estimate of drug-likeness (QED) is 0.854. The maximum Gasteiger partial charge on any atom is 0.108 e. The molecule has 1 saturated heterocycles. The van der Waals surface area contributed by atoms with E-state index in [0.29, 0.717) is 18.1 Å². The summed E-state index contributed by atoms with van der Waals surface area (Å²) in [6.07, 6.45) is 8.09. The molecule has 3 unspecified atom stereocenters. The van der Waals surface area contributed by atoms with Gasteiger partial charge in [-0.1, -0.05) is 6.92 Å². The van der Waals surface area contributed by atoms with Crippen molar-refractivity contribution in [1.29, 1.82) is 5.26 Å². The first-order valence-corrected chi connectivity index (χ1v) is 8.29. The number of rotatable bonds is 4. The van der Waals surface area contributed by atoms with Gasteiger partial charge in [0, 0.05) is 24.7 Å². The minimum atomic E-state index is -0.263. The molecule has 3 fully saturated rings. The van der Waals surface area contributed by atoms with E-state index in [9.17, 15) is 5.26 Å². The lowest BCUT2D eigenvalue weighted by molar-refractivity contribution is -0.0426. The minimum Gasteiger partial charge on any atom is -0.378 e. The van der Waals surface area contributed by atoms with E-state index in [-0.39, 0.29) is 5.54 Å². The summed E-state index contributed by atoms with van der Waals surface area (Å²) in [7, 11) is 0. The van der Waals surface area contributed by atoms with Crippen molar-refractivity contribution < 1.29 is 4.74 Å². The Morgan fingerprint density at radius 2 is 2.25 bits per heavy atom. The summed E-state index contributed by atoms with van der Waals surface area (Å²) in [5.74, 6) is 0. The molecule has 4 nitrogen and oxygen atoms in total. The molecular weight excluding hydrogens is 250 g/mol. The lowest BCUT2D eigenvalue weighted by Gasteiger charge is -2.46. The molecule has 20 heavy (non-hydrogen) atoms. The van der Waals surface area contributed by atoms with Gasteiger partial charge in [0.25, 0.3) is 0 Å². The lowest BCUT2D eigenvalue weighted by Crippen LogP contribution is -2.57. The van der Waals surface area contributed by atoms with Gasteiger partial charge in [-0.05, 0) is 44.9 Å². The van der Waals surface area contributed by atoms with Gasteiger partial charge in [0.2, 0.25) is 0 Å². The number of hydrogen-bond acceptors (Lipinski definition) is 4. The molecule has 3 rings (SSSR count). The van der Waals surface area contributed by atoms with Gasteiger partial charge in [-0.25, -0.2) is 0 Å². The fraction of sp³-hybridized carbons (Fsp3) is 0.938. The van der Waals surface area contributed by atoms with Gasteiger partial charge in [0.05, 0.1) is 19.3 Å². The van der Waals surface area contributed by atoms with Crippen LogP contribution < -0.4 is 5.32 Å². The Balaban J connectivity index is 1.68. The predicted octanol–water partition coefficient (Wildman–Crippen LogP) is 2.05. The van der Waals surface area contributed by atoms with E-state index >= 15 is 0 Å². The smallest absolute Gasteiger partial charge is 0.108 e. The summed E-state index contributed by atoms with van der Waals surface area (Å²) in [6.45, 7) is 4.99. The summed E-state index contributed by atoms with van der Waals surface area (Å²) in [5.41, 5.74) is -0.263. The van der Waals surface area contributed by atoms with Gasteiger partial charge in [0.1, 0.15) is 5.54 Å². The molecule has 112 valence electrons. The van der Waals surface area contributed by atoms with Crippen LogP contribution in [0.2, 0.25) is 0 Å². The molecule has 0 aromatic heterocycles. The molecule has 2 saturated carbocycles. The van der Waals surface area contributed by atoms with E-state index < -0.39 is 0 Å². The van der Waals surface area contributed by atoms with Crippen LogP contribution in [0.5, 0.6) is 0 Å². The van der Waals surface area contributed by atoms with Crippen LogP contribution in [0, 0.1) is 11.3 Å². The van der Waals surface area contributed by atoms with E-state index in [1.165, 1.54) is 25.7 Å². The monoisotopic (exact) mass is 277 g/mol. The third kappa shape index (κ3) is 3.00. The van der Waals surface area contributed by atoms with E-state index in [1.807, 2.05) is 0 Å². The van der Waals surface area contributed by atoms with Crippen molar-refractivity contribution in [1.82, 2.24) is 10.2 Å². The van der Waals surface area contributed by atoms with Crippen LogP contribution in [-0.4, -0.2) is 48.3 Å². The van der Waals surface area contributed by atoms with Crippen LogP contribution in [0.4, 0.5) is 0 Å². The molecule has 1 N–H and O–H groups in total. The van der Waals surface area contributed by atoms with E-state index in [2.05, 4.69) is 23.2 Å². The predicted molar refractivity (Wildman–Crippen MR) is 78.4 cm³/mol. The first kappa shape index (κ1) is 14.3. The molecule has 0 bridgehead atoms. The Bertz CT molecular complexity index is 376. The van der Waals surface area contributed by atoms with Crippen LogP contribution in [-0.2, 0) is 4.74 Å². The summed E-state index contributed by atoms with van der Waals surface area (Å²) in [5, 5.41) is 13.3. The number of ether oxygens (including phenoxy) is 1. The van der Waals surface area contributed by atoms with Crippen molar-refractivity contribution in [3.8, 4) is 6.07 Å². The van der Waals surface area contributed by atoms with E-state index in [0.717, 1.165) is 39.0 Å². The van der Waals surface area contributed by atoms with Crippen molar-refractivity contribution in [2.75, 3.05) is 19.8 Å². The Morgan fingerprint density at radius 3 is 2.95 bits per heavy atom. The molecule has 1 aliphatic heterocycles. The third-order valence-electron chi connectivity index (χ3n) is 5.21. The highest BCUT2D eigenvalue weighted by Crippen LogP contribution is 2.35. The average molecular weight is 277 g/mol. The zero-order valence-corrected chi connectivity index (χ0v) is 12.6. The topological polar surface area (TPSA) is 48.3 Å². The molecule has 1 heterocycles. The van der Waals surface area contributed by atoms with Gasteiger partial charge in [-0.2, -0.15) is 5.26 Å². The van der Waals surface area contributed by atoms with E-state index in [4.69, 9.17) is 4.74 Å². The summed E-state index contributed by atoms with van der Waals surface area (Å²) in [6, 6.07) is 4.34. The van der Waals surface area contributed by atoms with Crippen LogP contribution >= 0.6 is 0 Å². The van der Waals surface area contributed by atoms with Crippen molar-refractivity contribution in [3.05, 3.63) is 0 Å². The van der Waals surface area contributed by atoms with Gasteiger partial charge in [-0.15, -0.1) is 0 Å². The SMILES string of the molecule is CCC1COCCN1C1CCCC(C#N)(NC2CC2)C1. The van der Waals surface area contributed by atoms with E-state index in [1.54, 1.807) is 0 Å². The fourth-order valence-electron chi connectivity index (χ4n) is 3.91. The largest absolute Gasteiger partial charge is 0.378 e. The van der Waals surface area contributed by atoms with Crippen molar-refractivity contribution in [3.63, 3.8) is 0 Å². The maximum atomic E-state index is 9.70. The second-order valence-corrected chi connectivity index (χ2v) is 6.74. The molecular formula is C16H27N3O. The zero-order chi connectivity index (χ0) is 14.0. The van der Waals surface area contributed by atoms with Crippen LogP contribution in [0.3, 0.4) is 0 Å². The number of hydrogen-bond donors (Lipinski definition) is 1. The average Bonchev–Trinajstić information content (AvgIpc) is 3.31. The lowest BCUT2D eigenvalue weighted by atomic mass is 9.78. The Hall–Kier alpha value is -0.630. The molecule has 0 aromatic rings. The van der Waals surface area contributed by atoms with Crippen LogP contribution in [0.1, 0.15) is 51.9 Å². The van der Waals surface area contributed by atoms with Gasteiger partial charge >= 0.3 is 0 Å². The van der Waals surface area contributed by atoms with Crippen molar-refractivity contribution in [2.24, 2.45) is 0 Å². The van der Waals surface area contributed by atoms with Crippen molar-refractivity contribution in [2.45, 2.75) is 75.5 Å². The highest BCUT2D eigenvalue weighted by atomic mass is 16.5. The fourth-order valence-corrected chi connectivity index (χ4v) is 3.91. The summed E-state index contributed by atoms with van der Waals surface area (Å²) < 4.78 is 5.62. The molecule has 4 heteroatoms. The Morgan fingerprint density at radius 1 is 1.40 bits per heavy atom. The number of nitrogens with one attached hydrogen (secondary N) is 1. The molecule has 2 aliphatic carbocycles.